The van der Waals surface area contributed by atoms with Gasteiger partial charge in [-0.05, 0) is 48.4 Å². The smallest absolute Gasteiger partial charge is 0.293 e. The van der Waals surface area contributed by atoms with E-state index in [0.717, 1.165) is 23.7 Å². The van der Waals surface area contributed by atoms with Gasteiger partial charge >= 0.3 is 0 Å². The number of nitrogens with zero attached hydrogens (tertiary/aromatic N) is 2. The van der Waals surface area contributed by atoms with Crippen molar-refractivity contribution in [2.24, 2.45) is 11.8 Å². The predicted molar refractivity (Wildman–Crippen MR) is 126 cm³/mol. The molecule has 1 saturated heterocycles. The second kappa shape index (κ2) is 9.11. The highest BCUT2D eigenvalue weighted by Crippen LogP contribution is 2.35. The molecule has 2 aromatic carbocycles. The molecular weight excluding hydrogens is 444 g/mol. The van der Waals surface area contributed by atoms with Gasteiger partial charge in [0.1, 0.15) is 5.69 Å². The first-order chi connectivity index (χ1) is 15.7. The van der Waals surface area contributed by atoms with Gasteiger partial charge < -0.3 is 10.6 Å². The highest BCUT2D eigenvalue weighted by atomic mass is 32.2. The minimum absolute atomic E-state index is 0.0786. The number of amides is 1. The number of nitro benzene ring substituents is 1. The van der Waals surface area contributed by atoms with Crippen LogP contribution < -0.4 is 10.6 Å². The first-order valence-electron chi connectivity index (χ1n) is 11.1. The second-order valence-corrected chi connectivity index (χ2v) is 11.0. The topological polar surface area (TPSA) is 122 Å². The lowest BCUT2D eigenvalue weighted by molar-refractivity contribution is -0.384. The molecule has 4 rings (SSSR count). The Hall–Kier alpha value is -2.98. The molecule has 0 saturated carbocycles. The summed E-state index contributed by atoms with van der Waals surface area (Å²) in [5, 5.41) is 17.6. The van der Waals surface area contributed by atoms with Crippen LogP contribution in [0.3, 0.4) is 0 Å². The zero-order valence-electron chi connectivity index (χ0n) is 18.7. The van der Waals surface area contributed by atoms with E-state index in [1.807, 2.05) is 38.1 Å². The summed E-state index contributed by atoms with van der Waals surface area (Å²) in [6.07, 6.45) is 1.40. The third-order valence-corrected chi connectivity index (χ3v) is 8.13. The minimum atomic E-state index is -3.83. The van der Waals surface area contributed by atoms with Gasteiger partial charge in [0, 0.05) is 31.4 Å². The lowest BCUT2D eigenvalue weighted by Crippen LogP contribution is -2.42. The molecule has 33 heavy (non-hydrogen) atoms. The average molecular weight is 473 g/mol. The van der Waals surface area contributed by atoms with Gasteiger partial charge in [0.05, 0.1) is 15.7 Å². The van der Waals surface area contributed by atoms with E-state index < -0.39 is 14.9 Å². The number of nitrogens with one attached hydrogen (secondary N) is 2. The summed E-state index contributed by atoms with van der Waals surface area (Å²) in [5.74, 6) is 0.0316. The number of carbonyl (C=O) groups excluding carboxylic acids is 1. The average Bonchev–Trinajstić information content (AvgIpc) is 3.08. The molecule has 2 aliphatic heterocycles. The Labute approximate surface area is 193 Å². The van der Waals surface area contributed by atoms with Crippen LogP contribution in [0.1, 0.15) is 38.2 Å². The predicted octanol–water partition coefficient (Wildman–Crippen LogP) is 3.80. The number of benzene rings is 2. The highest BCUT2D eigenvalue weighted by molar-refractivity contribution is 7.89. The molecule has 0 aromatic heterocycles. The van der Waals surface area contributed by atoms with Gasteiger partial charge in [0.2, 0.25) is 15.9 Å². The van der Waals surface area contributed by atoms with E-state index in [0.29, 0.717) is 26.1 Å². The Balaban J connectivity index is 1.50. The van der Waals surface area contributed by atoms with Crippen LogP contribution >= 0.6 is 0 Å². The summed E-state index contributed by atoms with van der Waals surface area (Å²) in [6.45, 7) is 5.16. The van der Waals surface area contributed by atoms with Crippen LogP contribution in [0.4, 0.5) is 17.1 Å². The summed E-state index contributed by atoms with van der Waals surface area (Å²) in [6, 6.07) is 11.4. The maximum atomic E-state index is 13.1. The standard InChI is InChI=1S/C23H28N4O5S/c1-15-11-16(2)14-26(13-15)33(31,32)17-7-8-21(22(12-17)27(29)30)24-10-9-19-18-5-3-4-6-20(18)25-23(19)28/h3-8,12,15-16,19,24H,9-11,13-14H2,1-2H3,(H,25,28)/t15-,16+,19-/m1/s1. The summed E-state index contributed by atoms with van der Waals surface area (Å²) < 4.78 is 27.7. The van der Waals surface area contributed by atoms with E-state index in [4.69, 9.17) is 0 Å². The molecule has 2 N–H and O–H groups in total. The number of sulfonamides is 1. The fraction of sp³-hybridized carbons (Fsp3) is 0.435. The van der Waals surface area contributed by atoms with Crippen LogP contribution in [0.25, 0.3) is 0 Å². The van der Waals surface area contributed by atoms with Crippen molar-refractivity contribution in [1.29, 1.82) is 0 Å². The molecule has 0 bridgehead atoms. The van der Waals surface area contributed by atoms with E-state index in [9.17, 15) is 23.3 Å². The van der Waals surface area contributed by atoms with Crippen molar-refractivity contribution in [3.05, 3.63) is 58.1 Å². The molecule has 2 aliphatic rings. The maximum absolute atomic E-state index is 13.1. The normalized spacial score (nSPS) is 23.1. The van der Waals surface area contributed by atoms with Crippen LogP contribution in [0, 0.1) is 22.0 Å². The molecule has 3 atom stereocenters. The van der Waals surface area contributed by atoms with Gasteiger partial charge in [-0.1, -0.05) is 32.0 Å². The Kier molecular flexibility index (Phi) is 6.40. The molecule has 0 unspecified atom stereocenters. The zero-order valence-corrected chi connectivity index (χ0v) is 19.5. The number of fused-ring (bicyclic) bond motifs is 1. The Bertz CT molecular complexity index is 1170. The van der Waals surface area contributed by atoms with E-state index in [-0.39, 0.29) is 39.9 Å². The molecule has 10 heteroatoms. The van der Waals surface area contributed by atoms with Gasteiger partial charge in [-0.15, -0.1) is 0 Å². The van der Waals surface area contributed by atoms with E-state index in [1.54, 1.807) is 0 Å². The molecule has 9 nitrogen and oxygen atoms in total. The van der Waals surface area contributed by atoms with Gasteiger partial charge in [-0.3, -0.25) is 14.9 Å². The number of hydrogen-bond donors (Lipinski definition) is 2. The number of nitro groups is 1. The van der Waals surface area contributed by atoms with E-state index >= 15 is 0 Å². The second-order valence-electron chi connectivity index (χ2n) is 9.05. The highest BCUT2D eigenvalue weighted by Gasteiger charge is 2.33. The molecule has 0 aliphatic carbocycles. The Morgan fingerprint density at radius 1 is 1.15 bits per heavy atom. The molecular formula is C23H28N4O5S. The van der Waals surface area contributed by atoms with Crippen molar-refractivity contribution < 1.29 is 18.1 Å². The number of rotatable bonds is 7. The largest absolute Gasteiger partial charge is 0.379 e. The van der Waals surface area contributed by atoms with Gasteiger partial charge in [-0.25, -0.2) is 8.42 Å². The quantitative estimate of drug-likeness (QED) is 0.467. The van der Waals surface area contributed by atoms with Crippen LogP contribution in [0.5, 0.6) is 0 Å². The Morgan fingerprint density at radius 2 is 1.85 bits per heavy atom. The number of carbonyl (C=O) groups is 1. The van der Waals surface area contributed by atoms with Crippen LogP contribution in [-0.4, -0.2) is 43.2 Å². The Morgan fingerprint density at radius 3 is 2.55 bits per heavy atom. The van der Waals surface area contributed by atoms with E-state index in [2.05, 4.69) is 10.6 Å². The fourth-order valence-corrected chi connectivity index (χ4v) is 6.54. The third-order valence-electron chi connectivity index (χ3n) is 6.30. The molecule has 0 spiro atoms. The summed E-state index contributed by atoms with van der Waals surface area (Å²) in [5.41, 5.74) is 1.62. The number of hydrogen-bond acceptors (Lipinski definition) is 6. The van der Waals surface area contributed by atoms with E-state index in [1.165, 1.54) is 16.4 Å². The number of piperidine rings is 1. The third kappa shape index (κ3) is 4.72. The number of anilines is 2. The van der Waals surface area contributed by atoms with Crippen molar-refractivity contribution >= 4 is 33.0 Å². The molecule has 176 valence electrons. The molecule has 0 radical (unpaired) electrons. The molecule has 2 heterocycles. The minimum Gasteiger partial charge on any atom is -0.379 e. The summed E-state index contributed by atoms with van der Waals surface area (Å²) >= 11 is 0. The first kappa shape index (κ1) is 23.2. The van der Waals surface area contributed by atoms with Crippen molar-refractivity contribution in [2.45, 2.75) is 37.5 Å². The van der Waals surface area contributed by atoms with Crippen molar-refractivity contribution in [2.75, 3.05) is 30.3 Å². The monoisotopic (exact) mass is 472 g/mol. The SMILES string of the molecule is C[C@@H]1C[C@H](C)CN(S(=O)(=O)c2ccc(NCC[C@H]3C(=O)Nc4ccccc43)c([N+](=O)[O-])c2)C1. The number of para-hydroxylation sites is 1. The molecule has 1 amide bonds. The van der Waals surface area contributed by atoms with Crippen molar-refractivity contribution in [1.82, 2.24) is 4.31 Å². The molecule has 2 aromatic rings. The summed E-state index contributed by atoms with van der Waals surface area (Å²) in [7, 11) is -3.83. The van der Waals surface area contributed by atoms with Crippen molar-refractivity contribution in [3.8, 4) is 0 Å². The maximum Gasteiger partial charge on any atom is 0.293 e. The zero-order chi connectivity index (χ0) is 23.8. The summed E-state index contributed by atoms with van der Waals surface area (Å²) in [4.78, 5) is 23.3. The van der Waals surface area contributed by atoms with Crippen LogP contribution in [0.15, 0.2) is 47.4 Å². The van der Waals surface area contributed by atoms with Gasteiger partial charge in [-0.2, -0.15) is 4.31 Å². The first-order valence-corrected chi connectivity index (χ1v) is 12.5. The van der Waals surface area contributed by atoms with Crippen LogP contribution in [0.2, 0.25) is 0 Å². The van der Waals surface area contributed by atoms with Gasteiger partial charge in [0.15, 0.2) is 0 Å². The fourth-order valence-electron chi connectivity index (χ4n) is 4.84. The molecule has 1 fully saturated rings. The van der Waals surface area contributed by atoms with Crippen LogP contribution in [-0.2, 0) is 14.8 Å². The van der Waals surface area contributed by atoms with Gasteiger partial charge in [0.25, 0.3) is 5.69 Å². The lowest BCUT2D eigenvalue weighted by Gasteiger charge is -2.34. The van der Waals surface area contributed by atoms with Crippen molar-refractivity contribution in [3.63, 3.8) is 0 Å². The lowest BCUT2D eigenvalue weighted by atomic mass is 9.94.